The number of carbonyl (C=O) groups is 1. The minimum absolute atomic E-state index is 0.0842. The van der Waals surface area contributed by atoms with Crippen molar-refractivity contribution in [3.05, 3.63) is 58.6 Å². The molecule has 0 unspecified atom stereocenters. The number of oxazole rings is 1. The summed E-state index contributed by atoms with van der Waals surface area (Å²) in [6, 6.07) is 11.8. The van der Waals surface area contributed by atoms with Crippen LogP contribution in [0.4, 0.5) is 5.69 Å². The lowest BCUT2D eigenvalue weighted by Gasteiger charge is -2.17. The Hall–Kier alpha value is -2.91. The van der Waals surface area contributed by atoms with Crippen molar-refractivity contribution in [2.75, 3.05) is 25.0 Å². The van der Waals surface area contributed by atoms with E-state index in [1.165, 1.54) is 32.0 Å². The lowest BCUT2D eigenvalue weighted by Crippen LogP contribution is -2.32. The zero-order valence-corrected chi connectivity index (χ0v) is 17.7. The number of fused-ring (bicyclic) bond motifs is 1. The highest BCUT2D eigenvalue weighted by Gasteiger charge is 2.28. The van der Waals surface area contributed by atoms with Crippen molar-refractivity contribution >= 4 is 32.7 Å². The molecule has 0 bridgehead atoms. The van der Waals surface area contributed by atoms with Crippen molar-refractivity contribution in [2.45, 2.75) is 31.2 Å². The largest absolute Gasteiger partial charge is 0.420 e. The maximum absolute atomic E-state index is 12.8. The van der Waals surface area contributed by atoms with E-state index in [2.05, 4.69) is 0 Å². The first-order valence-corrected chi connectivity index (χ1v) is 11.2. The normalized spacial score (nSPS) is 15.0. The number of anilines is 1. The second-order valence-corrected chi connectivity index (χ2v) is 9.42. The third-order valence-corrected chi connectivity index (χ3v) is 7.33. The Bertz CT molecular complexity index is 1250. The predicted molar refractivity (Wildman–Crippen MR) is 113 cm³/mol. The van der Waals surface area contributed by atoms with E-state index >= 15 is 0 Å². The van der Waals surface area contributed by atoms with Gasteiger partial charge in [-0.1, -0.05) is 17.7 Å². The number of sulfonamides is 1. The minimum atomic E-state index is -3.62. The molecule has 0 atom stereocenters. The number of rotatable bonds is 5. The van der Waals surface area contributed by atoms with Crippen LogP contribution in [0.25, 0.3) is 11.1 Å². The molecule has 4 rings (SSSR count). The third kappa shape index (κ3) is 3.66. The molecule has 1 fully saturated rings. The molecule has 1 amide bonds. The Balaban J connectivity index is 1.62. The van der Waals surface area contributed by atoms with Crippen molar-refractivity contribution < 1.29 is 17.6 Å². The van der Waals surface area contributed by atoms with E-state index in [0.717, 1.165) is 18.4 Å². The summed E-state index contributed by atoms with van der Waals surface area (Å²) in [6.07, 6.45) is 1.67. The van der Waals surface area contributed by atoms with Gasteiger partial charge >= 0.3 is 5.76 Å². The fraction of sp³-hybridized carbons (Fsp3) is 0.333. The van der Waals surface area contributed by atoms with Crippen molar-refractivity contribution in [3.63, 3.8) is 0 Å². The predicted octanol–water partition coefficient (Wildman–Crippen LogP) is 2.35. The van der Waals surface area contributed by atoms with E-state index < -0.39 is 15.8 Å². The molecular weight excluding hydrogens is 406 g/mol. The van der Waals surface area contributed by atoms with Crippen molar-refractivity contribution in [3.8, 4) is 0 Å². The molecule has 2 heterocycles. The Morgan fingerprint density at radius 2 is 1.77 bits per heavy atom. The van der Waals surface area contributed by atoms with E-state index in [1.807, 2.05) is 31.2 Å². The van der Waals surface area contributed by atoms with E-state index in [0.29, 0.717) is 24.3 Å². The Morgan fingerprint density at radius 3 is 2.43 bits per heavy atom. The summed E-state index contributed by atoms with van der Waals surface area (Å²) in [5.41, 5.74) is 2.32. The number of aromatic nitrogens is 1. The minimum Gasteiger partial charge on any atom is -0.408 e. The molecule has 1 aromatic heterocycles. The smallest absolute Gasteiger partial charge is 0.408 e. The number of nitrogens with zero attached hydrogens (tertiary/aromatic N) is 3. The van der Waals surface area contributed by atoms with E-state index in [9.17, 15) is 18.0 Å². The van der Waals surface area contributed by atoms with Gasteiger partial charge in [-0.25, -0.2) is 13.2 Å². The highest BCUT2D eigenvalue weighted by atomic mass is 32.2. The fourth-order valence-electron chi connectivity index (χ4n) is 3.59. The van der Waals surface area contributed by atoms with Crippen molar-refractivity contribution in [1.82, 2.24) is 8.87 Å². The maximum Gasteiger partial charge on any atom is 0.420 e. The average molecular weight is 429 g/mol. The van der Waals surface area contributed by atoms with Gasteiger partial charge in [0.1, 0.15) is 6.54 Å². The van der Waals surface area contributed by atoms with Crippen LogP contribution in [0.5, 0.6) is 0 Å². The molecule has 8 nitrogen and oxygen atoms in total. The molecule has 1 saturated heterocycles. The number of hydrogen-bond donors (Lipinski definition) is 0. The molecule has 1 aliphatic rings. The molecule has 3 aromatic rings. The van der Waals surface area contributed by atoms with Crippen LogP contribution in [0, 0.1) is 6.92 Å². The maximum atomic E-state index is 12.8. The topological polar surface area (TPSA) is 92.8 Å². The number of amides is 1. The van der Waals surface area contributed by atoms with E-state index in [-0.39, 0.29) is 22.9 Å². The zero-order valence-electron chi connectivity index (χ0n) is 16.9. The molecule has 9 heteroatoms. The van der Waals surface area contributed by atoms with Crippen LogP contribution in [0.3, 0.4) is 0 Å². The fourth-order valence-corrected chi connectivity index (χ4v) is 5.12. The van der Waals surface area contributed by atoms with Crippen LogP contribution in [0.2, 0.25) is 0 Å². The Morgan fingerprint density at radius 1 is 1.10 bits per heavy atom. The molecular formula is C21H23N3O5S. The number of carbonyl (C=O) groups excluding carboxylic acids is 1. The lowest BCUT2D eigenvalue weighted by atomic mass is 10.2. The van der Waals surface area contributed by atoms with Gasteiger partial charge in [0.15, 0.2) is 5.58 Å². The van der Waals surface area contributed by atoms with Crippen LogP contribution < -0.4 is 10.7 Å². The molecule has 0 radical (unpaired) electrons. The molecule has 0 saturated carbocycles. The molecule has 0 aliphatic carbocycles. The van der Waals surface area contributed by atoms with Gasteiger partial charge in [0, 0.05) is 31.9 Å². The summed E-state index contributed by atoms with van der Waals surface area (Å²) >= 11 is 0. The average Bonchev–Trinajstić information content (AvgIpc) is 3.37. The number of hydrogen-bond acceptors (Lipinski definition) is 5. The second-order valence-electron chi connectivity index (χ2n) is 7.48. The Labute approximate surface area is 174 Å². The van der Waals surface area contributed by atoms with Gasteiger partial charge < -0.3 is 9.32 Å². The summed E-state index contributed by atoms with van der Waals surface area (Å²) in [5.74, 6) is -0.996. The molecule has 0 spiro atoms. The zero-order chi connectivity index (χ0) is 21.5. The first-order chi connectivity index (χ1) is 14.3. The quantitative estimate of drug-likeness (QED) is 0.621. The third-order valence-electron chi connectivity index (χ3n) is 5.43. The molecule has 0 N–H and O–H groups in total. The first-order valence-electron chi connectivity index (χ1n) is 9.74. The van der Waals surface area contributed by atoms with Crippen LogP contribution in [0.1, 0.15) is 18.4 Å². The Kier molecular flexibility index (Phi) is 5.25. The van der Waals surface area contributed by atoms with Gasteiger partial charge in [-0.15, -0.1) is 0 Å². The number of aryl methyl sites for hydroxylation is 1. The monoisotopic (exact) mass is 429 g/mol. The molecule has 1 aliphatic heterocycles. The van der Waals surface area contributed by atoms with Gasteiger partial charge in [-0.05, 0) is 44.0 Å². The second kappa shape index (κ2) is 7.73. The van der Waals surface area contributed by atoms with Crippen LogP contribution in [0.15, 0.2) is 56.6 Å². The van der Waals surface area contributed by atoms with Gasteiger partial charge in [-0.2, -0.15) is 4.31 Å². The van der Waals surface area contributed by atoms with Crippen molar-refractivity contribution in [2.24, 2.45) is 0 Å². The van der Waals surface area contributed by atoms with Gasteiger partial charge in [-0.3, -0.25) is 9.36 Å². The summed E-state index contributed by atoms with van der Waals surface area (Å²) in [6.45, 7) is 2.73. The first kappa shape index (κ1) is 20.4. The number of benzene rings is 2. The summed E-state index contributed by atoms with van der Waals surface area (Å²) in [4.78, 5) is 26.6. The summed E-state index contributed by atoms with van der Waals surface area (Å²) < 4.78 is 33.4. The highest BCUT2D eigenvalue weighted by molar-refractivity contribution is 7.89. The highest BCUT2D eigenvalue weighted by Crippen LogP contribution is 2.24. The standard InChI is InChI=1S/C21H23N3O5S/c1-15-5-7-16(8-6-15)22(2)20(25)14-24-18-10-9-17(13-19(18)29-21(24)26)30(27,28)23-11-3-4-12-23/h5-10,13H,3-4,11-12,14H2,1-2H3. The SMILES string of the molecule is Cc1ccc(N(C)C(=O)Cn2c(=O)oc3cc(S(=O)(=O)N4CCCC4)ccc32)cc1. The molecule has 158 valence electrons. The van der Waals surface area contributed by atoms with E-state index in [4.69, 9.17) is 4.42 Å². The van der Waals surface area contributed by atoms with Gasteiger partial charge in [0.2, 0.25) is 15.9 Å². The summed E-state index contributed by atoms with van der Waals surface area (Å²) in [7, 11) is -1.98. The van der Waals surface area contributed by atoms with Crippen molar-refractivity contribution in [1.29, 1.82) is 0 Å². The number of likely N-dealkylation sites (N-methyl/N-ethyl adjacent to an activating group) is 1. The molecule has 2 aromatic carbocycles. The summed E-state index contributed by atoms with van der Waals surface area (Å²) in [5, 5.41) is 0. The van der Waals surface area contributed by atoms with Crippen LogP contribution >= 0.6 is 0 Å². The lowest BCUT2D eigenvalue weighted by molar-refractivity contribution is -0.118. The molecule has 30 heavy (non-hydrogen) atoms. The van der Waals surface area contributed by atoms with E-state index in [1.54, 1.807) is 7.05 Å². The van der Waals surface area contributed by atoms with Gasteiger partial charge in [0.05, 0.1) is 10.4 Å². The van der Waals surface area contributed by atoms with Crippen LogP contribution in [-0.4, -0.2) is 43.3 Å². The van der Waals surface area contributed by atoms with Gasteiger partial charge in [0.25, 0.3) is 0 Å². The van der Waals surface area contributed by atoms with Crippen LogP contribution in [-0.2, 0) is 21.4 Å².